The number of nitrogens with zero attached hydrogens (tertiary/aromatic N) is 1. The molecule has 0 fully saturated rings. The molecular weight excluding hydrogens is 246 g/mol. The van der Waals surface area contributed by atoms with Crippen molar-refractivity contribution in [2.24, 2.45) is 0 Å². The van der Waals surface area contributed by atoms with Gasteiger partial charge < -0.3 is 25.3 Å². The summed E-state index contributed by atoms with van der Waals surface area (Å²) in [6, 6.07) is 5.09. The average Bonchev–Trinajstić information content (AvgIpc) is 2.79. The number of benzene rings is 1. The Labute approximate surface area is 111 Å². The van der Waals surface area contributed by atoms with Gasteiger partial charge in [0, 0.05) is 25.6 Å². The number of hydrogen-bond donors (Lipinski definition) is 4. The van der Waals surface area contributed by atoms with Gasteiger partial charge in [-0.2, -0.15) is 0 Å². The monoisotopic (exact) mass is 265 g/mol. The molecule has 1 aromatic heterocycles. The van der Waals surface area contributed by atoms with Crippen molar-refractivity contribution in [1.29, 1.82) is 0 Å². The lowest BCUT2D eigenvalue weighted by atomic mass is 10.3. The van der Waals surface area contributed by atoms with Gasteiger partial charge in [0.1, 0.15) is 11.6 Å². The van der Waals surface area contributed by atoms with Crippen LogP contribution in [0.4, 0.5) is 0 Å². The van der Waals surface area contributed by atoms with E-state index < -0.39 is 0 Å². The van der Waals surface area contributed by atoms with Crippen molar-refractivity contribution in [3.63, 3.8) is 0 Å². The molecule has 0 unspecified atom stereocenters. The number of imidazole rings is 1. The summed E-state index contributed by atoms with van der Waals surface area (Å²) in [5.74, 6) is 1.13. The first-order chi connectivity index (χ1) is 9.29. The minimum absolute atomic E-state index is 0.0613. The second-order valence-electron chi connectivity index (χ2n) is 4.22. The van der Waals surface area contributed by atoms with E-state index in [-0.39, 0.29) is 12.4 Å². The fourth-order valence-electron chi connectivity index (χ4n) is 1.81. The number of phenols is 1. The summed E-state index contributed by atoms with van der Waals surface area (Å²) in [6.07, 6.45) is 0.787. The zero-order chi connectivity index (χ0) is 13.5. The molecule has 0 aliphatic rings. The zero-order valence-corrected chi connectivity index (χ0v) is 10.7. The summed E-state index contributed by atoms with van der Waals surface area (Å²) in [5, 5.41) is 21.1. The van der Waals surface area contributed by atoms with E-state index in [1.54, 1.807) is 18.2 Å². The lowest BCUT2D eigenvalue weighted by molar-refractivity contribution is 0.0940. The molecule has 0 aliphatic heterocycles. The van der Waals surface area contributed by atoms with Crippen LogP contribution in [-0.4, -0.2) is 53.1 Å². The number of aliphatic hydroxyl groups excluding tert-OH is 1. The summed E-state index contributed by atoms with van der Waals surface area (Å²) < 4.78 is 5.13. The van der Waals surface area contributed by atoms with Crippen molar-refractivity contribution in [2.75, 3.05) is 32.9 Å². The van der Waals surface area contributed by atoms with Gasteiger partial charge in [-0.25, -0.2) is 4.98 Å². The third kappa shape index (κ3) is 4.20. The highest BCUT2D eigenvalue weighted by Crippen LogP contribution is 2.17. The highest BCUT2D eigenvalue weighted by molar-refractivity contribution is 5.76. The molecule has 0 amide bonds. The van der Waals surface area contributed by atoms with E-state index in [0.717, 1.165) is 36.4 Å². The Hall–Kier alpha value is -1.63. The van der Waals surface area contributed by atoms with Gasteiger partial charge in [0.05, 0.1) is 30.9 Å². The highest BCUT2D eigenvalue weighted by Gasteiger charge is 2.02. The molecule has 0 aliphatic carbocycles. The van der Waals surface area contributed by atoms with Crippen molar-refractivity contribution in [1.82, 2.24) is 15.3 Å². The van der Waals surface area contributed by atoms with Crippen LogP contribution in [0, 0.1) is 0 Å². The van der Waals surface area contributed by atoms with Crippen molar-refractivity contribution >= 4 is 11.0 Å². The van der Waals surface area contributed by atoms with Gasteiger partial charge in [0.25, 0.3) is 0 Å². The first-order valence-electron chi connectivity index (χ1n) is 6.36. The Bertz CT molecular complexity index is 513. The second-order valence-corrected chi connectivity index (χ2v) is 4.22. The number of phenolic OH excluding ortho intramolecular Hbond substituents is 1. The molecule has 0 saturated carbocycles. The third-order valence-electron chi connectivity index (χ3n) is 2.71. The van der Waals surface area contributed by atoms with Crippen molar-refractivity contribution in [2.45, 2.75) is 6.42 Å². The molecule has 0 radical (unpaired) electrons. The Morgan fingerprint density at radius 3 is 3.00 bits per heavy atom. The third-order valence-corrected chi connectivity index (χ3v) is 2.71. The number of rotatable bonds is 8. The quantitative estimate of drug-likeness (QED) is 0.519. The normalized spacial score (nSPS) is 11.2. The van der Waals surface area contributed by atoms with E-state index in [0.29, 0.717) is 13.2 Å². The molecule has 0 atom stereocenters. The van der Waals surface area contributed by atoms with E-state index in [1.807, 2.05) is 0 Å². The Morgan fingerprint density at radius 1 is 1.26 bits per heavy atom. The molecule has 6 heteroatoms. The van der Waals surface area contributed by atoms with E-state index in [2.05, 4.69) is 15.3 Å². The van der Waals surface area contributed by atoms with Crippen LogP contribution in [0.5, 0.6) is 5.75 Å². The minimum atomic E-state index is 0.0613. The van der Waals surface area contributed by atoms with Crippen LogP contribution in [0.3, 0.4) is 0 Å². The fourth-order valence-corrected chi connectivity index (χ4v) is 1.81. The van der Waals surface area contributed by atoms with Crippen LogP contribution < -0.4 is 5.32 Å². The van der Waals surface area contributed by atoms with E-state index in [1.165, 1.54) is 0 Å². The number of aromatic amines is 1. The fraction of sp³-hybridized carbons (Fsp3) is 0.462. The van der Waals surface area contributed by atoms with Crippen molar-refractivity contribution < 1.29 is 14.9 Å². The number of aromatic hydroxyl groups is 1. The number of ether oxygens (including phenoxy) is 1. The van der Waals surface area contributed by atoms with E-state index >= 15 is 0 Å². The molecule has 1 heterocycles. The molecule has 0 saturated heterocycles. The van der Waals surface area contributed by atoms with Crippen LogP contribution in [0.1, 0.15) is 5.82 Å². The summed E-state index contributed by atoms with van der Waals surface area (Å²) in [6.45, 7) is 2.59. The molecule has 2 rings (SSSR count). The predicted molar refractivity (Wildman–Crippen MR) is 72.2 cm³/mol. The van der Waals surface area contributed by atoms with Gasteiger partial charge in [-0.1, -0.05) is 0 Å². The van der Waals surface area contributed by atoms with Gasteiger partial charge in [0.15, 0.2) is 0 Å². The average molecular weight is 265 g/mol. The van der Waals surface area contributed by atoms with Gasteiger partial charge in [-0.05, 0) is 12.1 Å². The van der Waals surface area contributed by atoms with Gasteiger partial charge in [-0.3, -0.25) is 0 Å². The maximum absolute atomic E-state index is 9.36. The number of aliphatic hydroxyl groups is 1. The summed E-state index contributed by atoms with van der Waals surface area (Å²) in [7, 11) is 0. The van der Waals surface area contributed by atoms with E-state index in [9.17, 15) is 5.11 Å². The molecule has 0 spiro atoms. The standard InChI is InChI=1S/C13H19N3O3/c17-6-8-19-7-5-14-4-3-13-15-11-2-1-10(18)9-12(11)16-13/h1-2,9,14,17-18H,3-8H2,(H,15,16). The smallest absolute Gasteiger partial charge is 0.117 e. The zero-order valence-electron chi connectivity index (χ0n) is 10.7. The maximum Gasteiger partial charge on any atom is 0.117 e. The van der Waals surface area contributed by atoms with Crippen LogP contribution >= 0.6 is 0 Å². The van der Waals surface area contributed by atoms with Gasteiger partial charge in [-0.15, -0.1) is 0 Å². The lowest BCUT2D eigenvalue weighted by Gasteiger charge is -2.03. The topological polar surface area (TPSA) is 90.4 Å². The van der Waals surface area contributed by atoms with Gasteiger partial charge in [0.2, 0.25) is 0 Å². The lowest BCUT2D eigenvalue weighted by Crippen LogP contribution is -2.23. The number of H-pyrrole nitrogens is 1. The van der Waals surface area contributed by atoms with Crippen molar-refractivity contribution in [3.05, 3.63) is 24.0 Å². The largest absolute Gasteiger partial charge is 0.508 e. The molecule has 4 N–H and O–H groups in total. The SMILES string of the molecule is OCCOCCNCCc1nc2ccc(O)cc2[nH]1. The Balaban J connectivity index is 1.72. The molecule has 0 bridgehead atoms. The van der Waals surface area contributed by atoms with Crippen LogP contribution in [0.15, 0.2) is 18.2 Å². The maximum atomic E-state index is 9.36. The molecular formula is C13H19N3O3. The Morgan fingerprint density at radius 2 is 2.16 bits per heavy atom. The summed E-state index contributed by atoms with van der Waals surface area (Å²) in [4.78, 5) is 7.60. The van der Waals surface area contributed by atoms with E-state index in [4.69, 9.17) is 9.84 Å². The van der Waals surface area contributed by atoms with Crippen LogP contribution in [-0.2, 0) is 11.2 Å². The first kappa shape index (κ1) is 13.8. The minimum Gasteiger partial charge on any atom is -0.508 e. The number of nitrogens with one attached hydrogen (secondary N) is 2. The summed E-state index contributed by atoms with van der Waals surface area (Å²) >= 11 is 0. The number of hydrogen-bond acceptors (Lipinski definition) is 5. The molecule has 2 aromatic rings. The predicted octanol–water partition coefficient (Wildman–Crippen LogP) is 0.409. The second kappa shape index (κ2) is 7.08. The highest BCUT2D eigenvalue weighted by atomic mass is 16.5. The molecule has 19 heavy (non-hydrogen) atoms. The van der Waals surface area contributed by atoms with Crippen LogP contribution in [0.2, 0.25) is 0 Å². The summed E-state index contributed by atoms with van der Waals surface area (Å²) in [5.41, 5.74) is 1.71. The molecule has 6 nitrogen and oxygen atoms in total. The first-order valence-corrected chi connectivity index (χ1v) is 6.36. The molecule has 104 valence electrons. The Kier molecular flexibility index (Phi) is 5.14. The number of aromatic nitrogens is 2. The van der Waals surface area contributed by atoms with Crippen molar-refractivity contribution in [3.8, 4) is 5.75 Å². The van der Waals surface area contributed by atoms with Gasteiger partial charge >= 0.3 is 0 Å². The van der Waals surface area contributed by atoms with Crippen LogP contribution in [0.25, 0.3) is 11.0 Å². The molecule has 1 aromatic carbocycles. The number of fused-ring (bicyclic) bond motifs is 1.